The fraction of sp³-hybridized carbons (Fsp3) is 0.207. The van der Waals surface area contributed by atoms with Gasteiger partial charge in [-0.25, -0.2) is 0 Å². The van der Waals surface area contributed by atoms with Crippen molar-refractivity contribution < 1.29 is 23.8 Å². The predicted molar refractivity (Wildman–Crippen MR) is 148 cm³/mol. The normalized spacial score (nSPS) is 10.8. The third-order valence-electron chi connectivity index (χ3n) is 5.37. The van der Waals surface area contributed by atoms with Crippen LogP contribution in [0.5, 0.6) is 17.2 Å². The number of hydrogen-bond acceptors (Lipinski definition) is 6. The average Bonchev–Trinajstić information content (AvgIpc) is 2.89. The first-order chi connectivity index (χ1) is 18.2. The van der Waals surface area contributed by atoms with E-state index >= 15 is 0 Å². The average molecular weight is 534 g/mol. The van der Waals surface area contributed by atoms with E-state index in [2.05, 4.69) is 10.6 Å². The summed E-state index contributed by atoms with van der Waals surface area (Å²) in [6, 6.07) is 17.5. The molecule has 196 valence electrons. The zero-order chi connectivity index (χ0) is 27.7. The van der Waals surface area contributed by atoms with Gasteiger partial charge in [0.2, 0.25) is 0 Å². The highest BCUT2D eigenvalue weighted by molar-refractivity contribution is 6.32. The van der Waals surface area contributed by atoms with Crippen LogP contribution in [0.4, 0.5) is 11.4 Å². The third-order valence-corrected chi connectivity index (χ3v) is 5.65. The van der Waals surface area contributed by atoms with Gasteiger partial charge in [-0.3, -0.25) is 9.59 Å². The summed E-state index contributed by atoms with van der Waals surface area (Å²) in [5, 5.41) is 15.2. The van der Waals surface area contributed by atoms with Gasteiger partial charge in [0.05, 0.1) is 18.7 Å². The van der Waals surface area contributed by atoms with E-state index in [1.807, 2.05) is 38.1 Å². The minimum absolute atomic E-state index is 0.138. The van der Waals surface area contributed by atoms with Gasteiger partial charge >= 0.3 is 0 Å². The molecule has 3 rings (SSSR count). The van der Waals surface area contributed by atoms with Gasteiger partial charge in [0.25, 0.3) is 11.8 Å². The van der Waals surface area contributed by atoms with E-state index in [9.17, 15) is 14.9 Å². The van der Waals surface area contributed by atoms with Gasteiger partial charge < -0.3 is 24.8 Å². The number of benzene rings is 3. The number of carbonyl (C=O) groups is 2. The Morgan fingerprint density at radius 3 is 2.42 bits per heavy atom. The second-order valence-corrected chi connectivity index (χ2v) is 8.68. The van der Waals surface area contributed by atoms with Crippen LogP contribution in [-0.4, -0.2) is 32.1 Å². The quantitative estimate of drug-likeness (QED) is 0.247. The summed E-state index contributed by atoms with van der Waals surface area (Å²) in [5.41, 5.74) is 3.47. The molecule has 38 heavy (non-hydrogen) atoms. The molecule has 0 radical (unpaired) electrons. The molecule has 0 aliphatic heterocycles. The highest BCUT2D eigenvalue weighted by atomic mass is 35.5. The number of nitriles is 1. The Kier molecular flexibility index (Phi) is 9.74. The summed E-state index contributed by atoms with van der Waals surface area (Å²) in [7, 11) is 1.54. The Hall–Kier alpha value is -4.48. The molecule has 0 unspecified atom stereocenters. The van der Waals surface area contributed by atoms with Crippen molar-refractivity contribution in [2.24, 2.45) is 0 Å². The summed E-state index contributed by atoms with van der Waals surface area (Å²) < 4.78 is 16.5. The van der Waals surface area contributed by atoms with Crippen LogP contribution >= 0.6 is 11.6 Å². The van der Waals surface area contributed by atoms with Gasteiger partial charge in [0.15, 0.2) is 18.1 Å². The van der Waals surface area contributed by atoms with E-state index < -0.39 is 5.91 Å². The van der Waals surface area contributed by atoms with Crippen LogP contribution in [0.3, 0.4) is 0 Å². The first-order valence-corrected chi connectivity index (χ1v) is 12.1. The number of rotatable bonds is 10. The molecular formula is C29H28ClN3O5. The zero-order valence-corrected chi connectivity index (χ0v) is 22.3. The van der Waals surface area contributed by atoms with Gasteiger partial charge in [-0.15, -0.1) is 0 Å². The van der Waals surface area contributed by atoms with Crippen LogP contribution in [0, 0.1) is 25.2 Å². The van der Waals surface area contributed by atoms with E-state index in [0.717, 1.165) is 11.1 Å². The number of ether oxygens (including phenoxy) is 3. The summed E-state index contributed by atoms with van der Waals surface area (Å²) in [6.07, 6.45) is 1.39. The Balaban J connectivity index is 1.76. The maximum Gasteiger partial charge on any atom is 0.266 e. The van der Waals surface area contributed by atoms with Crippen molar-refractivity contribution in [1.29, 1.82) is 5.26 Å². The largest absolute Gasteiger partial charge is 0.497 e. The van der Waals surface area contributed by atoms with Crippen molar-refractivity contribution in [3.05, 3.63) is 81.9 Å². The Morgan fingerprint density at radius 1 is 1.03 bits per heavy atom. The molecule has 0 bridgehead atoms. The molecule has 0 atom stereocenters. The van der Waals surface area contributed by atoms with Gasteiger partial charge in [0, 0.05) is 11.4 Å². The summed E-state index contributed by atoms with van der Waals surface area (Å²) in [4.78, 5) is 25.2. The number of methoxy groups -OCH3 is 1. The third kappa shape index (κ3) is 7.51. The summed E-state index contributed by atoms with van der Waals surface area (Å²) in [6.45, 7) is 5.64. The topological polar surface area (TPSA) is 110 Å². The molecule has 0 spiro atoms. The maximum absolute atomic E-state index is 12.7. The molecule has 8 nitrogen and oxygen atoms in total. The van der Waals surface area contributed by atoms with E-state index in [0.29, 0.717) is 29.3 Å². The first kappa shape index (κ1) is 28.1. The Morgan fingerprint density at radius 2 is 1.76 bits per heavy atom. The fourth-order valence-electron chi connectivity index (χ4n) is 3.46. The van der Waals surface area contributed by atoms with Crippen molar-refractivity contribution in [2.75, 3.05) is 31.0 Å². The van der Waals surface area contributed by atoms with E-state index in [4.69, 9.17) is 25.8 Å². The van der Waals surface area contributed by atoms with Gasteiger partial charge in [-0.2, -0.15) is 5.26 Å². The number of nitrogens with one attached hydrogen (secondary N) is 2. The van der Waals surface area contributed by atoms with Crippen molar-refractivity contribution in [3.63, 3.8) is 0 Å². The molecule has 0 saturated heterocycles. The molecule has 0 aliphatic rings. The summed E-state index contributed by atoms with van der Waals surface area (Å²) in [5.74, 6) is 0.155. The molecule has 0 saturated carbocycles. The van der Waals surface area contributed by atoms with Crippen LogP contribution in [-0.2, 0) is 9.59 Å². The van der Waals surface area contributed by atoms with Crippen LogP contribution < -0.4 is 24.8 Å². The van der Waals surface area contributed by atoms with Crippen LogP contribution in [0.15, 0.2) is 60.2 Å². The highest BCUT2D eigenvalue weighted by Gasteiger charge is 2.16. The van der Waals surface area contributed by atoms with E-state index in [1.54, 1.807) is 44.4 Å². The number of aryl methyl sites for hydroxylation is 2. The van der Waals surface area contributed by atoms with Crippen molar-refractivity contribution >= 4 is 40.9 Å². The molecular weight excluding hydrogens is 506 g/mol. The number of hydrogen-bond donors (Lipinski definition) is 2. The van der Waals surface area contributed by atoms with Crippen LogP contribution in [0.25, 0.3) is 6.08 Å². The Bertz CT molecular complexity index is 1390. The highest BCUT2D eigenvalue weighted by Crippen LogP contribution is 2.37. The summed E-state index contributed by atoms with van der Waals surface area (Å²) >= 11 is 6.46. The molecule has 3 aromatic rings. The number of carbonyl (C=O) groups excluding carboxylic acids is 2. The smallest absolute Gasteiger partial charge is 0.266 e. The van der Waals surface area contributed by atoms with Crippen LogP contribution in [0.2, 0.25) is 5.02 Å². The number of nitrogens with zero attached hydrogens (tertiary/aromatic N) is 1. The lowest BCUT2D eigenvalue weighted by Gasteiger charge is -2.15. The molecule has 0 aromatic heterocycles. The number of halogens is 1. The number of anilines is 2. The van der Waals surface area contributed by atoms with Crippen molar-refractivity contribution in [2.45, 2.75) is 20.8 Å². The number of amides is 2. The lowest BCUT2D eigenvalue weighted by Crippen LogP contribution is -2.21. The minimum Gasteiger partial charge on any atom is -0.497 e. The lowest BCUT2D eigenvalue weighted by atomic mass is 10.1. The molecule has 0 aliphatic carbocycles. The van der Waals surface area contributed by atoms with E-state index in [-0.39, 0.29) is 34.6 Å². The molecule has 0 fully saturated rings. The first-order valence-electron chi connectivity index (χ1n) is 11.8. The minimum atomic E-state index is -0.588. The van der Waals surface area contributed by atoms with Gasteiger partial charge in [-0.05, 0) is 86.0 Å². The monoisotopic (exact) mass is 533 g/mol. The van der Waals surface area contributed by atoms with Gasteiger partial charge in [0.1, 0.15) is 17.4 Å². The van der Waals surface area contributed by atoms with Gasteiger partial charge in [-0.1, -0.05) is 23.7 Å². The lowest BCUT2D eigenvalue weighted by molar-refractivity contribution is -0.118. The zero-order valence-electron chi connectivity index (χ0n) is 21.6. The van der Waals surface area contributed by atoms with E-state index in [1.165, 1.54) is 12.1 Å². The molecule has 0 heterocycles. The maximum atomic E-state index is 12.7. The second kappa shape index (κ2) is 13.2. The van der Waals surface area contributed by atoms with Crippen molar-refractivity contribution in [3.8, 4) is 23.3 Å². The predicted octanol–water partition coefficient (Wildman–Crippen LogP) is 5.93. The molecule has 3 aromatic carbocycles. The molecule has 9 heteroatoms. The van der Waals surface area contributed by atoms with Crippen LogP contribution in [0.1, 0.15) is 23.6 Å². The molecule has 2 N–H and O–H groups in total. The fourth-order valence-corrected chi connectivity index (χ4v) is 3.73. The SMILES string of the molecule is CCOc1cc(/C=C(/C#N)C(=O)Nc2ccc(OC)cc2)cc(Cl)c1OCC(=O)Nc1cc(C)ccc1C. The second-order valence-electron chi connectivity index (χ2n) is 8.27. The Labute approximate surface area is 226 Å². The van der Waals surface area contributed by atoms with Crippen molar-refractivity contribution in [1.82, 2.24) is 0 Å². The molecule has 2 amide bonds. The standard InChI is InChI=1S/C29H28ClN3O5/c1-5-37-26-15-20(13-21(16-31)29(35)32-22-8-10-23(36-4)11-9-22)14-24(30)28(26)38-17-27(34)33-25-12-18(2)6-7-19(25)3/h6-15H,5,17H2,1-4H3,(H,32,35)(H,33,34)/b21-13-.